The number of unbranched alkanes of at least 4 members (excludes halogenated alkanes) is 1. The fourth-order valence-corrected chi connectivity index (χ4v) is 10.0. The summed E-state index contributed by atoms with van der Waals surface area (Å²) in [6.07, 6.45) is 7.14. The summed E-state index contributed by atoms with van der Waals surface area (Å²) in [5.41, 5.74) is 4.76. The number of Topliss-reactive ketones (excluding diaryl/α,β-unsaturated/α-hetero) is 1. The maximum absolute atomic E-state index is 14.5. The molecule has 2 saturated heterocycles. The van der Waals surface area contributed by atoms with Crippen LogP contribution in [0.5, 0.6) is 5.75 Å². The van der Waals surface area contributed by atoms with Gasteiger partial charge in [0.05, 0.1) is 25.3 Å². The molecule has 4 heterocycles. The van der Waals surface area contributed by atoms with E-state index in [1.165, 1.54) is 37.7 Å². The molecular weight excluding hydrogens is 972 g/mol. The lowest BCUT2D eigenvalue weighted by molar-refractivity contribution is -0.162. The molecule has 10 atom stereocenters. The molecule has 0 saturated carbocycles. The molecule has 396 valence electrons. The van der Waals surface area contributed by atoms with Crippen LogP contribution in [0.1, 0.15) is 91.5 Å². The van der Waals surface area contributed by atoms with Gasteiger partial charge >= 0.3 is 12.1 Å². The number of allylic oxidation sites excluding steroid dienone is 3. The molecule has 0 aliphatic carbocycles. The Morgan fingerprint density at radius 1 is 1.11 bits per heavy atom. The third kappa shape index (κ3) is 14.1. The second-order valence-corrected chi connectivity index (χ2v) is 20.8. The molecule has 8 unspecified atom stereocenters. The average Bonchev–Trinajstić information content (AvgIpc) is 3.93. The number of imide groups is 1. The largest absolute Gasteiger partial charge is 0.495 e. The summed E-state index contributed by atoms with van der Waals surface area (Å²) in [6.45, 7) is 8.86. The number of esters is 1. The van der Waals surface area contributed by atoms with E-state index in [-0.39, 0.29) is 49.5 Å². The van der Waals surface area contributed by atoms with Crippen molar-refractivity contribution in [1.29, 1.82) is 0 Å². The summed E-state index contributed by atoms with van der Waals surface area (Å²) >= 11 is 8.28. The fourth-order valence-electron chi connectivity index (χ4n) is 9.25. The number of amides is 6. The van der Waals surface area contributed by atoms with Crippen LogP contribution in [-0.4, -0.2) is 150 Å². The Balaban J connectivity index is 1.40. The number of fused-ring (bicyclic) bond motifs is 5. The van der Waals surface area contributed by atoms with E-state index in [0.717, 1.165) is 33.1 Å². The number of benzene rings is 1. The van der Waals surface area contributed by atoms with Crippen LogP contribution >= 0.6 is 23.4 Å². The lowest BCUT2D eigenvalue weighted by atomic mass is 9.82. The predicted molar refractivity (Wildman–Crippen MR) is 271 cm³/mol. The Hall–Kier alpha value is -5.28. The van der Waals surface area contributed by atoms with Gasteiger partial charge in [-0.3, -0.25) is 39.0 Å². The van der Waals surface area contributed by atoms with Crippen molar-refractivity contribution < 1.29 is 62.4 Å². The highest BCUT2D eigenvalue weighted by Crippen LogP contribution is 2.49. The summed E-state index contributed by atoms with van der Waals surface area (Å²) in [5.74, 6) is -5.13. The highest BCUT2D eigenvalue weighted by Gasteiger charge is 2.64. The lowest BCUT2D eigenvalue weighted by Crippen LogP contribution is -2.60. The van der Waals surface area contributed by atoms with Crippen molar-refractivity contribution >= 4 is 76.4 Å². The van der Waals surface area contributed by atoms with E-state index in [9.17, 15) is 43.5 Å². The highest BCUT2D eigenvalue weighted by atomic mass is 35.5. The van der Waals surface area contributed by atoms with Crippen LogP contribution in [0.15, 0.2) is 48.1 Å². The summed E-state index contributed by atoms with van der Waals surface area (Å²) in [6, 6.07) is 1.17. The van der Waals surface area contributed by atoms with Gasteiger partial charge in [-0.25, -0.2) is 9.59 Å². The van der Waals surface area contributed by atoms with Crippen LogP contribution in [0.25, 0.3) is 0 Å². The monoisotopic (exact) mass is 1040 g/mol. The van der Waals surface area contributed by atoms with Crippen molar-refractivity contribution in [2.75, 3.05) is 51.2 Å². The number of nitrogens with zero attached hydrogens (tertiary/aromatic N) is 3. The normalized spacial score (nSPS) is 27.8. The average molecular weight is 1040 g/mol. The van der Waals surface area contributed by atoms with E-state index < -0.39 is 107 Å². The first-order valence-electron chi connectivity index (χ1n) is 24.4. The number of hydrogen-bond acceptors (Lipinski definition) is 15. The molecule has 1 aromatic rings. The second kappa shape index (κ2) is 25.1. The van der Waals surface area contributed by atoms with E-state index in [0.29, 0.717) is 43.0 Å². The van der Waals surface area contributed by atoms with E-state index in [4.69, 9.17) is 36.3 Å². The molecule has 4 aliphatic rings. The molecule has 0 radical (unpaired) electrons. The molecule has 1 aromatic carbocycles. The van der Waals surface area contributed by atoms with Crippen LogP contribution in [0.4, 0.5) is 10.5 Å². The zero-order chi connectivity index (χ0) is 53.2. The third-order valence-electron chi connectivity index (χ3n) is 14.2. The van der Waals surface area contributed by atoms with Gasteiger partial charge in [-0.2, -0.15) is 11.8 Å². The van der Waals surface area contributed by atoms with Crippen LogP contribution in [0.3, 0.4) is 0 Å². The zero-order valence-electron chi connectivity index (χ0n) is 42.7. The molecule has 4 bridgehead atoms. The van der Waals surface area contributed by atoms with Gasteiger partial charge in [0, 0.05) is 69.8 Å². The van der Waals surface area contributed by atoms with E-state index >= 15 is 0 Å². The van der Waals surface area contributed by atoms with Crippen LogP contribution < -0.4 is 26.0 Å². The molecule has 4 aliphatic heterocycles. The quantitative estimate of drug-likeness (QED) is 0.0649. The molecule has 72 heavy (non-hydrogen) atoms. The number of nitrogens with two attached hydrogens (primary N) is 1. The summed E-state index contributed by atoms with van der Waals surface area (Å²) in [4.78, 5) is 111. The highest BCUT2D eigenvalue weighted by molar-refractivity contribution is 7.98. The molecule has 5 N–H and O–H groups in total. The van der Waals surface area contributed by atoms with Gasteiger partial charge in [0.25, 0.3) is 11.8 Å². The minimum absolute atomic E-state index is 0.00970. The van der Waals surface area contributed by atoms with Gasteiger partial charge < -0.3 is 44.9 Å². The van der Waals surface area contributed by atoms with Crippen LogP contribution in [0.2, 0.25) is 5.02 Å². The smallest absolute Gasteiger partial charge is 0.409 e. The van der Waals surface area contributed by atoms with Gasteiger partial charge in [0.15, 0.2) is 0 Å². The number of carbonyl (C=O) groups is 8. The standard InChI is InChI=1S/C51H71ClN6O13S/c1-29-13-12-14-30(2)51(67)28-39(69-49(66)55-51)31(3)45-50(5,71-45)40(27-43(62)57(7)37-24-33(23-29)25-38(68-8)44(37)52)70-48(65)32(4)56(6)47(64)36(19-22-72-9)54-46(63)34(15-10-11-20-53)26-35(59)18-21-58-41(60)16-17-42(58)61/h12-14,16-17,24-25,30-32,34,36,39-40,45,67H,10-11,15,18-23,26-28,53H2,1-9H3,(H,54,63)(H,55,66)/b14-12+,29-13+/t30?,31?,32-,34-,36?,39?,40?,45?,50?,51?/m0/s1. The first kappa shape index (κ1) is 57.6. The van der Waals surface area contributed by atoms with Crippen molar-refractivity contribution in [2.45, 2.75) is 134 Å². The number of hydrogen-bond donors (Lipinski definition) is 4. The third-order valence-corrected chi connectivity index (χ3v) is 15.2. The number of alkyl carbamates (subject to hydrolysis) is 1. The van der Waals surface area contributed by atoms with Gasteiger partial charge in [-0.1, -0.05) is 55.7 Å². The van der Waals surface area contributed by atoms with Crippen molar-refractivity contribution in [2.24, 2.45) is 23.5 Å². The SMILES string of the molecule is COc1cc2cc(c1Cl)N(C)C(=O)CC(OC(=O)[C@H](C)N(C)C(=O)C(CCSC)NC(=O)[C@@H](CCCCN)CC(=O)CCN1C(=O)C=CC1=O)C1(C)OC1C(C)C1CC(O)(NC(=O)O1)C(C)/C=C/C=C(\C)C2. The molecule has 2 fully saturated rings. The summed E-state index contributed by atoms with van der Waals surface area (Å²) < 4.78 is 23.9. The lowest BCUT2D eigenvalue weighted by Gasteiger charge is -2.41. The van der Waals surface area contributed by atoms with Crippen molar-refractivity contribution in [3.63, 3.8) is 0 Å². The zero-order valence-corrected chi connectivity index (χ0v) is 44.3. The first-order valence-corrected chi connectivity index (χ1v) is 26.1. The van der Waals surface area contributed by atoms with E-state index in [1.807, 2.05) is 25.3 Å². The number of methoxy groups -OCH3 is 1. The van der Waals surface area contributed by atoms with Gasteiger partial charge in [0.1, 0.15) is 52.2 Å². The number of carbonyl (C=O) groups excluding carboxylic acids is 8. The first-order chi connectivity index (χ1) is 34.0. The Kier molecular flexibility index (Phi) is 20.1. The Morgan fingerprint density at radius 3 is 2.46 bits per heavy atom. The number of ketones is 1. The second-order valence-electron chi connectivity index (χ2n) is 19.5. The number of epoxide rings is 1. The van der Waals surface area contributed by atoms with Crippen molar-refractivity contribution in [1.82, 2.24) is 20.4 Å². The van der Waals surface area contributed by atoms with Gasteiger partial charge in [-0.15, -0.1) is 0 Å². The number of nitrogens with one attached hydrogen (secondary N) is 2. The Labute approximate surface area is 430 Å². The fraction of sp³-hybridized carbons (Fsp3) is 0.608. The predicted octanol–water partition coefficient (Wildman–Crippen LogP) is 4.39. The number of aliphatic hydroxyl groups is 1. The molecule has 6 amide bonds. The molecule has 0 aromatic heterocycles. The number of anilines is 1. The molecule has 19 nitrogen and oxygen atoms in total. The van der Waals surface area contributed by atoms with E-state index in [1.54, 1.807) is 46.0 Å². The van der Waals surface area contributed by atoms with Gasteiger partial charge in [0.2, 0.25) is 17.7 Å². The molecule has 21 heteroatoms. The van der Waals surface area contributed by atoms with Gasteiger partial charge in [-0.05, 0) is 82.7 Å². The summed E-state index contributed by atoms with van der Waals surface area (Å²) in [5, 5.41) is 17.4. The number of likely N-dealkylation sites (N-methyl/N-ethyl adjacent to an activating group) is 1. The maximum atomic E-state index is 14.5. The molecule has 5 rings (SSSR count). The molecule has 0 spiro atoms. The van der Waals surface area contributed by atoms with Crippen molar-refractivity contribution in [3.05, 3.63) is 58.7 Å². The minimum Gasteiger partial charge on any atom is -0.495 e. The number of halogens is 1. The van der Waals surface area contributed by atoms with Crippen LogP contribution in [-0.2, 0) is 54.2 Å². The Bertz CT molecular complexity index is 2310. The van der Waals surface area contributed by atoms with Crippen molar-refractivity contribution in [3.8, 4) is 5.75 Å². The maximum Gasteiger partial charge on any atom is 0.409 e. The summed E-state index contributed by atoms with van der Waals surface area (Å²) in [7, 11) is 4.41. The topological polar surface area (TPSA) is 257 Å². The van der Waals surface area contributed by atoms with Crippen LogP contribution in [0, 0.1) is 17.8 Å². The van der Waals surface area contributed by atoms with E-state index in [2.05, 4.69) is 10.6 Å². The minimum atomic E-state index is -1.69. The molecular formula is C51H71ClN6O13S. The number of thioether (sulfide) groups is 1. The Morgan fingerprint density at radius 2 is 1.81 bits per heavy atom. The number of rotatable bonds is 19. The number of ether oxygens (including phenoxy) is 4.